The molecule has 1 aliphatic carbocycles. The summed E-state index contributed by atoms with van der Waals surface area (Å²) in [6, 6.07) is 77.5. The number of anilines is 3. The van der Waals surface area contributed by atoms with Crippen LogP contribution < -0.4 is 4.90 Å². The summed E-state index contributed by atoms with van der Waals surface area (Å²) in [6.07, 6.45) is 0. The number of nitrogens with zero attached hydrogens (tertiary/aromatic N) is 1. The summed E-state index contributed by atoms with van der Waals surface area (Å²) in [7, 11) is 0. The minimum atomic E-state index is -0.153. The summed E-state index contributed by atoms with van der Waals surface area (Å²) >= 11 is 0. The zero-order valence-electron chi connectivity index (χ0n) is 31.7. The van der Waals surface area contributed by atoms with Gasteiger partial charge in [-0.1, -0.05) is 178 Å². The van der Waals surface area contributed by atoms with Crippen molar-refractivity contribution in [1.29, 1.82) is 0 Å². The highest BCUT2D eigenvalue weighted by Crippen LogP contribution is 2.53. The Morgan fingerprint density at radius 2 is 0.804 bits per heavy atom. The molecule has 56 heavy (non-hydrogen) atoms. The number of benzene rings is 9. The normalized spacial score (nSPS) is 12.6. The van der Waals surface area contributed by atoms with Crippen molar-refractivity contribution in [3.8, 4) is 55.6 Å². The molecule has 1 nitrogen and oxygen atoms in total. The van der Waals surface area contributed by atoms with Crippen LogP contribution in [0.3, 0.4) is 0 Å². The lowest BCUT2D eigenvalue weighted by Gasteiger charge is -2.28. The van der Waals surface area contributed by atoms with E-state index in [1.54, 1.807) is 0 Å². The molecule has 0 atom stereocenters. The first kappa shape index (κ1) is 33.6. The maximum atomic E-state index is 2.42. The fraction of sp³-hybridized carbons (Fsp3) is 0.0545. The van der Waals surface area contributed by atoms with Crippen molar-refractivity contribution in [2.75, 3.05) is 4.90 Å². The Morgan fingerprint density at radius 1 is 0.304 bits per heavy atom. The van der Waals surface area contributed by atoms with Gasteiger partial charge in [-0.25, -0.2) is 0 Å². The van der Waals surface area contributed by atoms with Gasteiger partial charge in [0, 0.05) is 22.5 Å². The average Bonchev–Trinajstić information content (AvgIpc) is 3.50. The molecule has 0 unspecified atom stereocenters. The SMILES string of the molecule is CC1(C)c2cc(N(c3ccccc3)c3ccc(-c4cc5ccccc5cc4-c4ccccc4-c4ccccc4)cc3)ccc2-c2c(-c3ccccc3)cccc21. The second-order valence-electron chi connectivity index (χ2n) is 15.3. The number of rotatable bonds is 7. The Kier molecular flexibility index (Phi) is 8.23. The molecule has 1 aliphatic rings. The molecule has 0 aromatic heterocycles. The topological polar surface area (TPSA) is 3.24 Å². The molecular formula is C55H41N. The first-order chi connectivity index (χ1) is 27.5. The lowest BCUT2D eigenvalue weighted by atomic mass is 9.81. The van der Waals surface area contributed by atoms with E-state index in [1.807, 2.05) is 0 Å². The molecule has 0 saturated carbocycles. The standard InChI is InChI=1S/C55H41N/c1-55(2)52-28-16-27-47(39-19-8-4-9-20-39)54(52)49-34-33-45(37-53(49)55)56(43-23-10-5-11-24-43)44-31-29-40(30-32-44)50-35-41-21-12-13-22-42(41)36-51(50)48-26-15-14-25-46(48)38-17-6-3-7-18-38/h3-37H,1-2H3. The van der Waals surface area contributed by atoms with Gasteiger partial charge in [0.2, 0.25) is 0 Å². The van der Waals surface area contributed by atoms with E-state index in [9.17, 15) is 0 Å². The van der Waals surface area contributed by atoms with Crippen molar-refractivity contribution in [3.63, 3.8) is 0 Å². The first-order valence-corrected chi connectivity index (χ1v) is 19.5. The smallest absolute Gasteiger partial charge is 0.0465 e. The molecule has 0 saturated heterocycles. The van der Waals surface area contributed by atoms with Gasteiger partial charge >= 0.3 is 0 Å². The molecule has 0 spiro atoms. The Hall–Kier alpha value is -6.96. The highest BCUT2D eigenvalue weighted by Gasteiger charge is 2.37. The largest absolute Gasteiger partial charge is 0.310 e. The zero-order valence-corrected chi connectivity index (χ0v) is 31.7. The molecule has 10 rings (SSSR count). The maximum absolute atomic E-state index is 2.42. The predicted octanol–water partition coefficient (Wildman–Crippen LogP) is 15.3. The minimum Gasteiger partial charge on any atom is -0.310 e. The number of fused-ring (bicyclic) bond motifs is 4. The molecule has 1 heteroatoms. The van der Waals surface area contributed by atoms with Gasteiger partial charge in [-0.2, -0.15) is 0 Å². The summed E-state index contributed by atoms with van der Waals surface area (Å²) in [5.74, 6) is 0. The molecule has 0 bridgehead atoms. The molecular weight excluding hydrogens is 675 g/mol. The summed E-state index contributed by atoms with van der Waals surface area (Å²) in [5.41, 5.74) is 18.5. The van der Waals surface area contributed by atoms with Crippen molar-refractivity contribution < 1.29 is 0 Å². The monoisotopic (exact) mass is 715 g/mol. The number of para-hydroxylation sites is 1. The van der Waals surface area contributed by atoms with Crippen LogP contribution >= 0.6 is 0 Å². The zero-order chi connectivity index (χ0) is 37.6. The fourth-order valence-corrected chi connectivity index (χ4v) is 8.88. The van der Waals surface area contributed by atoms with Gasteiger partial charge in [0.15, 0.2) is 0 Å². The van der Waals surface area contributed by atoms with Crippen LogP contribution in [-0.4, -0.2) is 0 Å². The summed E-state index contributed by atoms with van der Waals surface area (Å²) < 4.78 is 0. The molecule has 9 aromatic carbocycles. The predicted molar refractivity (Wildman–Crippen MR) is 238 cm³/mol. The van der Waals surface area contributed by atoms with Gasteiger partial charge in [0.25, 0.3) is 0 Å². The van der Waals surface area contributed by atoms with Crippen LogP contribution in [0.5, 0.6) is 0 Å². The highest BCUT2D eigenvalue weighted by atomic mass is 15.1. The third-order valence-corrected chi connectivity index (χ3v) is 11.7. The molecule has 0 amide bonds. The van der Waals surface area contributed by atoms with Crippen LogP contribution in [0.1, 0.15) is 25.0 Å². The van der Waals surface area contributed by atoms with E-state index in [0.29, 0.717) is 0 Å². The quantitative estimate of drug-likeness (QED) is 0.159. The Morgan fingerprint density at radius 3 is 1.48 bits per heavy atom. The third-order valence-electron chi connectivity index (χ3n) is 11.7. The van der Waals surface area contributed by atoms with E-state index < -0.39 is 0 Å². The Labute approximate surface area is 329 Å². The van der Waals surface area contributed by atoms with Crippen molar-refractivity contribution >= 4 is 27.8 Å². The van der Waals surface area contributed by atoms with Gasteiger partial charge < -0.3 is 4.90 Å². The minimum absolute atomic E-state index is 0.153. The lowest BCUT2D eigenvalue weighted by molar-refractivity contribution is 0.660. The first-order valence-electron chi connectivity index (χ1n) is 19.5. The highest BCUT2D eigenvalue weighted by molar-refractivity contribution is 6.00. The van der Waals surface area contributed by atoms with Crippen LogP contribution in [0, 0.1) is 0 Å². The molecule has 266 valence electrons. The van der Waals surface area contributed by atoms with Crippen molar-refractivity contribution in [3.05, 3.63) is 223 Å². The van der Waals surface area contributed by atoms with E-state index in [1.165, 1.54) is 77.5 Å². The van der Waals surface area contributed by atoms with Crippen molar-refractivity contribution in [2.24, 2.45) is 0 Å². The van der Waals surface area contributed by atoms with E-state index >= 15 is 0 Å². The van der Waals surface area contributed by atoms with E-state index in [-0.39, 0.29) is 5.41 Å². The lowest BCUT2D eigenvalue weighted by Crippen LogP contribution is -2.16. The average molecular weight is 716 g/mol. The van der Waals surface area contributed by atoms with Crippen LogP contribution in [0.4, 0.5) is 17.1 Å². The van der Waals surface area contributed by atoms with E-state index in [4.69, 9.17) is 0 Å². The van der Waals surface area contributed by atoms with Crippen LogP contribution in [0.2, 0.25) is 0 Å². The van der Waals surface area contributed by atoms with E-state index in [0.717, 1.165) is 17.1 Å². The fourth-order valence-electron chi connectivity index (χ4n) is 8.88. The Balaban J connectivity index is 1.09. The second kappa shape index (κ2) is 13.7. The summed E-state index contributed by atoms with van der Waals surface area (Å²) in [4.78, 5) is 2.40. The van der Waals surface area contributed by atoms with Gasteiger partial charge in [-0.05, 0) is 126 Å². The molecule has 0 radical (unpaired) electrons. The molecule has 0 N–H and O–H groups in total. The molecule has 0 heterocycles. The number of hydrogen-bond acceptors (Lipinski definition) is 1. The van der Waals surface area contributed by atoms with Crippen molar-refractivity contribution in [1.82, 2.24) is 0 Å². The van der Waals surface area contributed by atoms with Gasteiger partial charge in [0.05, 0.1) is 0 Å². The van der Waals surface area contributed by atoms with Crippen molar-refractivity contribution in [2.45, 2.75) is 19.3 Å². The summed E-state index contributed by atoms with van der Waals surface area (Å²) in [6.45, 7) is 4.74. The van der Waals surface area contributed by atoms with Crippen LogP contribution in [0.25, 0.3) is 66.4 Å². The van der Waals surface area contributed by atoms with Crippen LogP contribution in [-0.2, 0) is 5.41 Å². The van der Waals surface area contributed by atoms with Gasteiger partial charge in [-0.15, -0.1) is 0 Å². The summed E-state index contributed by atoms with van der Waals surface area (Å²) in [5, 5.41) is 2.47. The maximum Gasteiger partial charge on any atom is 0.0465 e. The molecule has 9 aromatic rings. The van der Waals surface area contributed by atoms with Gasteiger partial charge in [0.1, 0.15) is 0 Å². The molecule has 0 aliphatic heterocycles. The van der Waals surface area contributed by atoms with Crippen LogP contribution in [0.15, 0.2) is 212 Å². The third kappa shape index (κ3) is 5.72. The second-order valence-corrected chi connectivity index (χ2v) is 15.3. The van der Waals surface area contributed by atoms with E-state index in [2.05, 4.69) is 231 Å². The Bertz CT molecular complexity index is 2850. The van der Waals surface area contributed by atoms with Gasteiger partial charge in [-0.3, -0.25) is 0 Å². The molecule has 0 fully saturated rings. The number of hydrogen-bond donors (Lipinski definition) is 0.